The summed E-state index contributed by atoms with van der Waals surface area (Å²) < 4.78 is 5.79. The summed E-state index contributed by atoms with van der Waals surface area (Å²) in [4.78, 5) is 14.5. The van der Waals surface area contributed by atoms with Gasteiger partial charge < -0.3 is 9.64 Å². The van der Waals surface area contributed by atoms with Gasteiger partial charge in [0.2, 0.25) is 0 Å². The summed E-state index contributed by atoms with van der Waals surface area (Å²) in [6.07, 6.45) is 0.860. The minimum Gasteiger partial charge on any atom is -0.493 e. The molecule has 0 aliphatic carbocycles. The normalized spacial score (nSPS) is 10.3. The van der Waals surface area contributed by atoms with Crippen molar-refractivity contribution in [2.24, 2.45) is 0 Å². The number of carbonyl (C=O) groups excluding carboxylic acids is 1. The summed E-state index contributed by atoms with van der Waals surface area (Å²) in [5.41, 5.74) is 2.81. The molecule has 3 nitrogen and oxygen atoms in total. The highest BCUT2D eigenvalue weighted by Gasteiger charge is 2.15. The minimum absolute atomic E-state index is 0.00506. The Bertz CT molecular complexity index is 814. The average Bonchev–Trinajstić information content (AvgIpc) is 2.71. The smallest absolute Gasteiger partial charge is 0.258 e. The molecule has 3 aromatic rings. The highest BCUT2D eigenvalue weighted by atomic mass is 16.5. The molecule has 26 heavy (non-hydrogen) atoms. The van der Waals surface area contributed by atoms with Crippen molar-refractivity contribution in [3.05, 3.63) is 96.1 Å². The molecule has 3 heteroatoms. The topological polar surface area (TPSA) is 29.5 Å². The zero-order valence-electron chi connectivity index (χ0n) is 15.0. The SMILES string of the molecule is CCN(C(=O)c1ccc(OCCc2ccccc2)cc1)c1ccccc1. The first-order valence-corrected chi connectivity index (χ1v) is 8.91. The first-order chi connectivity index (χ1) is 12.8. The van der Waals surface area contributed by atoms with Crippen LogP contribution in [-0.2, 0) is 6.42 Å². The van der Waals surface area contributed by atoms with Gasteiger partial charge in [0, 0.05) is 24.2 Å². The van der Waals surface area contributed by atoms with Crippen molar-refractivity contribution in [2.45, 2.75) is 13.3 Å². The second-order valence-electron chi connectivity index (χ2n) is 5.99. The molecule has 132 valence electrons. The van der Waals surface area contributed by atoms with Gasteiger partial charge in [-0.15, -0.1) is 0 Å². The van der Waals surface area contributed by atoms with Crippen molar-refractivity contribution >= 4 is 11.6 Å². The van der Waals surface area contributed by atoms with Gasteiger partial charge in [0.05, 0.1) is 6.61 Å². The van der Waals surface area contributed by atoms with Crippen molar-refractivity contribution in [1.82, 2.24) is 0 Å². The van der Waals surface area contributed by atoms with Crippen molar-refractivity contribution in [2.75, 3.05) is 18.1 Å². The number of carbonyl (C=O) groups is 1. The molecule has 0 spiro atoms. The molecule has 0 aliphatic rings. The molecule has 0 saturated heterocycles. The molecule has 0 saturated carbocycles. The summed E-state index contributed by atoms with van der Waals surface area (Å²) in [5.74, 6) is 0.773. The molecule has 0 bridgehead atoms. The van der Waals surface area contributed by atoms with Crippen LogP contribution in [0.5, 0.6) is 5.75 Å². The average molecular weight is 345 g/mol. The number of hydrogen-bond donors (Lipinski definition) is 0. The van der Waals surface area contributed by atoms with E-state index < -0.39 is 0 Å². The van der Waals surface area contributed by atoms with Gasteiger partial charge in [-0.25, -0.2) is 0 Å². The Morgan fingerprint density at radius 3 is 2.08 bits per heavy atom. The number of benzene rings is 3. The van der Waals surface area contributed by atoms with Gasteiger partial charge in [-0.3, -0.25) is 4.79 Å². The van der Waals surface area contributed by atoms with Crippen LogP contribution in [-0.4, -0.2) is 19.1 Å². The summed E-state index contributed by atoms with van der Waals surface area (Å²) in [6, 6.07) is 27.3. The highest BCUT2D eigenvalue weighted by molar-refractivity contribution is 6.06. The van der Waals surface area contributed by atoms with E-state index in [9.17, 15) is 4.79 Å². The van der Waals surface area contributed by atoms with E-state index in [0.717, 1.165) is 17.9 Å². The second kappa shape index (κ2) is 8.86. The van der Waals surface area contributed by atoms with Gasteiger partial charge in [0.15, 0.2) is 0 Å². The van der Waals surface area contributed by atoms with Gasteiger partial charge in [0.1, 0.15) is 5.75 Å². The third kappa shape index (κ3) is 4.51. The Hall–Kier alpha value is -3.07. The van der Waals surface area contributed by atoms with Crippen LogP contribution in [0, 0.1) is 0 Å². The van der Waals surface area contributed by atoms with Gasteiger partial charge in [-0.05, 0) is 48.9 Å². The van der Waals surface area contributed by atoms with Crippen LogP contribution in [0.4, 0.5) is 5.69 Å². The van der Waals surface area contributed by atoms with Crippen LogP contribution in [0.2, 0.25) is 0 Å². The van der Waals surface area contributed by atoms with Gasteiger partial charge >= 0.3 is 0 Å². The molecular formula is C23H23NO2. The third-order valence-electron chi connectivity index (χ3n) is 4.23. The van der Waals surface area contributed by atoms with Gasteiger partial charge in [-0.1, -0.05) is 48.5 Å². The number of hydrogen-bond acceptors (Lipinski definition) is 2. The fraction of sp³-hybridized carbons (Fsp3) is 0.174. The van der Waals surface area contributed by atoms with Gasteiger partial charge in [-0.2, -0.15) is 0 Å². The fourth-order valence-electron chi connectivity index (χ4n) is 2.83. The first kappa shape index (κ1) is 17.7. The Morgan fingerprint density at radius 2 is 1.46 bits per heavy atom. The van der Waals surface area contributed by atoms with E-state index in [1.165, 1.54) is 5.56 Å². The standard InChI is InChI=1S/C23H23NO2/c1-2-24(21-11-7-4-8-12-21)23(25)20-13-15-22(16-14-20)26-18-17-19-9-5-3-6-10-19/h3-16H,2,17-18H2,1H3. The number of anilines is 1. The zero-order valence-corrected chi connectivity index (χ0v) is 15.0. The molecule has 0 heterocycles. The number of amides is 1. The van der Waals surface area contributed by atoms with E-state index in [0.29, 0.717) is 18.7 Å². The fourth-order valence-corrected chi connectivity index (χ4v) is 2.83. The lowest BCUT2D eigenvalue weighted by Gasteiger charge is -2.21. The lowest BCUT2D eigenvalue weighted by molar-refractivity contribution is 0.0988. The monoisotopic (exact) mass is 345 g/mol. The molecule has 3 rings (SSSR count). The van der Waals surface area contributed by atoms with Crippen molar-refractivity contribution < 1.29 is 9.53 Å². The van der Waals surface area contributed by atoms with Crippen LogP contribution in [0.3, 0.4) is 0 Å². The van der Waals surface area contributed by atoms with Crippen molar-refractivity contribution in [3.63, 3.8) is 0 Å². The summed E-state index contributed by atoms with van der Waals surface area (Å²) in [5, 5.41) is 0. The molecule has 0 atom stereocenters. The maximum absolute atomic E-state index is 12.8. The van der Waals surface area contributed by atoms with Gasteiger partial charge in [0.25, 0.3) is 5.91 Å². The van der Waals surface area contributed by atoms with Crippen LogP contribution < -0.4 is 9.64 Å². The first-order valence-electron chi connectivity index (χ1n) is 8.91. The highest BCUT2D eigenvalue weighted by Crippen LogP contribution is 2.19. The number of ether oxygens (including phenoxy) is 1. The van der Waals surface area contributed by atoms with Crippen molar-refractivity contribution in [1.29, 1.82) is 0 Å². The Morgan fingerprint density at radius 1 is 0.846 bits per heavy atom. The van der Waals surface area contributed by atoms with Crippen LogP contribution >= 0.6 is 0 Å². The van der Waals surface area contributed by atoms with E-state index in [1.54, 1.807) is 4.90 Å². The van der Waals surface area contributed by atoms with E-state index in [-0.39, 0.29) is 5.91 Å². The third-order valence-corrected chi connectivity index (χ3v) is 4.23. The molecule has 3 aromatic carbocycles. The van der Waals surface area contributed by atoms with Crippen LogP contribution in [0.1, 0.15) is 22.8 Å². The lowest BCUT2D eigenvalue weighted by atomic mass is 10.1. The molecule has 0 aromatic heterocycles. The predicted molar refractivity (Wildman–Crippen MR) is 106 cm³/mol. The summed E-state index contributed by atoms with van der Waals surface area (Å²) >= 11 is 0. The molecule has 0 fully saturated rings. The van der Waals surface area contributed by atoms with Crippen LogP contribution in [0.25, 0.3) is 0 Å². The molecule has 0 unspecified atom stereocenters. The maximum atomic E-state index is 12.8. The molecule has 0 radical (unpaired) electrons. The zero-order chi connectivity index (χ0) is 18.2. The van der Waals surface area contributed by atoms with E-state index >= 15 is 0 Å². The van der Waals surface area contributed by atoms with E-state index in [4.69, 9.17) is 4.74 Å². The Labute approximate surface area is 154 Å². The summed E-state index contributed by atoms with van der Waals surface area (Å²) in [7, 11) is 0. The van der Waals surface area contributed by atoms with E-state index in [2.05, 4.69) is 12.1 Å². The Kier molecular flexibility index (Phi) is 6.05. The minimum atomic E-state index is -0.00506. The molecule has 1 amide bonds. The Balaban J connectivity index is 1.60. The molecule has 0 aliphatic heterocycles. The van der Waals surface area contributed by atoms with Crippen molar-refractivity contribution in [3.8, 4) is 5.75 Å². The van der Waals surface area contributed by atoms with E-state index in [1.807, 2.05) is 79.7 Å². The second-order valence-corrected chi connectivity index (χ2v) is 5.99. The number of para-hydroxylation sites is 1. The molecule has 0 N–H and O–H groups in total. The predicted octanol–water partition coefficient (Wildman–Crippen LogP) is 4.97. The lowest BCUT2D eigenvalue weighted by Crippen LogP contribution is -2.30. The number of nitrogens with zero attached hydrogens (tertiary/aromatic N) is 1. The quantitative estimate of drug-likeness (QED) is 0.605. The largest absolute Gasteiger partial charge is 0.493 e. The number of rotatable bonds is 7. The maximum Gasteiger partial charge on any atom is 0.258 e. The molecular weight excluding hydrogens is 322 g/mol. The van der Waals surface area contributed by atoms with Crippen LogP contribution in [0.15, 0.2) is 84.9 Å². The summed E-state index contributed by atoms with van der Waals surface area (Å²) in [6.45, 7) is 3.21.